The lowest BCUT2D eigenvalue weighted by Crippen LogP contribution is -2.32. The highest BCUT2D eigenvalue weighted by Gasteiger charge is 2.32. The van der Waals surface area contributed by atoms with Gasteiger partial charge in [0, 0.05) is 25.4 Å². The van der Waals surface area contributed by atoms with Gasteiger partial charge in [0.25, 0.3) is 0 Å². The second kappa shape index (κ2) is 6.83. The number of benzene rings is 1. The Kier molecular flexibility index (Phi) is 5.64. The summed E-state index contributed by atoms with van der Waals surface area (Å²) >= 11 is 12.5. The van der Waals surface area contributed by atoms with Crippen molar-refractivity contribution in [1.29, 1.82) is 0 Å². The van der Waals surface area contributed by atoms with E-state index in [4.69, 9.17) is 0 Å². The molecule has 0 aliphatic heterocycles. The fourth-order valence-electron chi connectivity index (χ4n) is 1.96. The maximum absolute atomic E-state index is 13.5. The van der Waals surface area contributed by atoms with Gasteiger partial charge in [0.1, 0.15) is 5.82 Å². The van der Waals surface area contributed by atoms with Gasteiger partial charge in [-0.05, 0) is 51.5 Å². The Morgan fingerprint density at radius 2 is 1.89 bits per heavy atom. The standard InChI is InChI=1S/C14H12Br3FS/c15-8-14(9-16,7-13-12(17)4-5-19-13)10-2-1-3-11(18)6-10/h1-6H,7-9H2. The van der Waals surface area contributed by atoms with Crippen molar-refractivity contribution in [2.24, 2.45) is 0 Å². The number of halogens is 4. The molecule has 2 aromatic rings. The lowest BCUT2D eigenvalue weighted by molar-refractivity contribution is 0.545. The van der Waals surface area contributed by atoms with E-state index in [-0.39, 0.29) is 11.2 Å². The fourth-order valence-corrected chi connectivity index (χ4v) is 5.57. The molecule has 0 saturated carbocycles. The van der Waals surface area contributed by atoms with E-state index in [1.54, 1.807) is 23.5 Å². The number of alkyl halides is 2. The smallest absolute Gasteiger partial charge is 0.123 e. The van der Waals surface area contributed by atoms with Crippen molar-refractivity contribution < 1.29 is 4.39 Å². The second-order valence-electron chi connectivity index (χ2n) is 4.43. The van der Waals surface area contributed by atoms with Crippen molar-refractivity contribution in [3.63, 3.8) is 0 Å². The zero-order valence-electron chi connectivity index (χ0n) is 10.0. The van der Waals surface area contributed by atoms with Crippen LogP contribution in [0, 0.1) is 5.82 Å². The van der Waals surface area contributed by atoms with Crippen LogP contribution in [0.5, 0.6) is 0 Å². The van der Waals surface area contributed by atoms with Gasteiger partial charge < -0.3 is 0 Å². The summed E-state index contributed by atoms with van der Waals surface area (Å²) in [7, 11) is 0. The molecule has 0 N–H and O–H groups in total. The molecule has 0 aliphatic rings. The molecule has 0 amide bonds. The molecule has 0 atom stereocenters. The van der Waals surface area contributed by atoms with Gasteiger partial charge in [0.15, 0.2) is 0 Å². The average Bonchev–Trinajstić information content (AvgIpc) is 2.81. The predicted molar refractivity (Wildman–Crippen MR) is 91.4 cm³/mol. The summed E-state index contributed by atoms with van der Waals surface area (Å²) in [5.41, 5.74) is 0.872. The first-order valence-electron chi connectivity index (χ1n) is 5.71. The zero-order chi connectivity index (χ0) is 13.9. The van der Waals surface area contributed by atoms with Crippen molar-refractivity contribution in [3.05, 3.63) is 56.4 Å². The molecular weight excluding hydrogens is 459 g/mol. The third-order valence-electron chi connectivity index (χ3n) is 3.14. The minimum Gasteiger partial charge on any atom is -0.207 e. The Morgan fingerprint density at radius 1 is 1.16 bits per heavy atom. The van der Waals surface area contributed by atoms with E-state index in [1.165, 1.54) is 10.9 Å². The third-order valence-corrected chi connectivity index (χ3v) is 7.21. The van der Waals surface area contributed by atoms with Crippen LogP contribution < -0.4 is 0 Å². The summed E-state index contributed by atoms with van der Waals surface area (Å²) in [6, 6.07) is 8.93. The SMILES string of the molecule is Fc1cccc(C(CBr)(CBr)Cc2sccc2Br)c1. The highest BCUT2D eigenvalue weighted by atomic mass is 79.9. The van der Waals surface area contributed by atoms with Gasteiger partial charge >= 0.3 is 0 Å². The highest BCUT2D eigenvalue weighted by molar-refractivity contribution is 9.10. The molecule has 0 unspecified atom stereocenters. The molecule has 0 bridgehead atoms. The van der Waals surface area contributed by atoms with Crippen LogP contribution in [0.25, 0.3) is 0 Å². The summed E-state index contributed by atoms with van der Waals surface area (Å²) in [6.07, 6.45) is 0.866. The highest BCUT2D eigenvalue weighted by Crippen LogP contribution is 2.37. The topological polar surface area (TPSA) is 0 Å². The van der Waals surface area contributed by atoms with E-state index in [9.17, 15) is 4.39 Å². The second-order valence-corrected chi connectivity index (χ2v) is 7.40. The van der Waals surface area contributed by atoms with E-state index in [0.717, 1.165) is 27.1 Å². The molecule has 0 nitrogen and oxygen atoms in total. The molecule has 5 heteroatoms. The van der Waals surface area contributed by atoms with Crippen LogP contribution in [-0.2, 0) is 11.8 Å². The molecule has 1 heterocycles. The van der Waals surface area contributed by atoms with E-state index in [2.05, 4.69) is 59.2 Å². The van der Waals surface area contributed by atoms with Crippen molar-refractivity contribution in [2.45, 2.75) is 11.8 Å². The van der Waals surface area contributed by atoms with Crippen molar-refractivity contribution >= 4 is 59.1 Å². The van der Waals surface area contributed by atoms with Crippen molar-refractivity contribution in [2.75, 3.05) is 10.7 Å². The van der Waals surface area contributed by atoms with E-state index in [0.29, 0.717) is 0 Å². The molecule has 19 heavy (non-hydrogen) atoms. The molecule has 0 saturated heterocycles. The van der Waals surface area contributed by atoms with E-state index in [1.807, 2.05) is 6.07 Å². The molecule has 0 radical (unpaired) electrons. The van der Waals surface area contributed by atoms with Crippen molar-refractivity contribution in [3.8, 4) is 0 Å². The fraction of sp³-hybridized carbons (Fsp3) is 0.286. The molecule has 0 spiro atoms. The Hall–Kier alpha value is 0.290. The monoisotopic (exact) mass is 468 g/mol. The minimum atomic E-state index is -0.186. The minimum absolute atomic E-state index is 0.143. The Labute approximate surface area is 141 Å². The van der Waals surface area contributed by atoms with Gasteiger partial charge in [-0.3, -0.25) is 0 Å². The molecule has 0 fully saturated rings. The molecule has 1 aromatic carbocycles. The molecular formula is C14H12Br3FS. The summed E-state index contributed by atoms with van der Waals surface area (Å²) < 4.78 is 14.6. The summed E-state index contributed by atoms with van der Waals surface area (Å²) in [6.45, 7) is 0. The quantitative estimate of drug-likeness (QED) is 0.476. The normalized spacial score (nSPS) is 11.8. The van der Waals surface area contributed by atoms with Gasteiger partial charge in [-0.25, -0.2) is 4.39 Å². The van der Waals surface area contributed by atoms with Gasteiger partial charge in [-0.2, -0.15) is 0 Å². The number of thiophene rings is 1. The molecule has 0 aliphatic carbocycles. The van der Waals surface area contributed by atoms with E-state index >= 15 is 0 Å². The lowest BCUT2D eigenvalue weighted by Gasteiger charge is -2.30. The largest absolute Gasteiger partial charge is 0.207 e. The predicted octanol–water partition coefficient (Wildman–Crippen LogP) is 5.92. The Bertz CT molecular complexity index is 549. The van der Waals surface area contributed by atoms with Gasteiger partial charge in [0.05, 0.1) is 0 Å². The van der Waals surface area contributed by atoms with Crippen LogP contribution >= 0.6 is 59.1 Å². The summed E-state index contributed by atoms with van der Waals surface area (Å²) in [4.78, 5) is 1.28. The first-order chi connectivity index (χ1) is 9.11. The summed E-state index contributed by atoms with van der Waals surface area (Å²) in [5.74, 6) is -0.186. The van der Waals surface area contributed by atoms with Gasteiger partial charge in [-0.15, -0.1) is 11.3 Å². The number of hydrogen-bond donors (Lipinski definition) is 0. The first-order valence-corrected chi connectivity index (χ1v) is 9.63. The maximum atomic E-state index is 13.5. The van der Waals surface area contributed by atoms with Crippen LogP contribution in [-0.4, -0.2) is 10.7 Å². The zero-order valence-corrected chi connectivity index (χ0v) is 15.6. The van der Waals surface area contributed by atoms with E-state index < -0.39 is 0 Å². The van der Waals surface area contributed by atoms with Crippen LogP contribution in [0.1, 0.15) is 10.4 Å². The van der Waals surface area contributed by atoms with Crippen LogP contribution in [0.2, 0.25) is 0 Å². The average molecular weight is 471 g/mol. The van der Waals surface area contributed by atoms with Crippen LogP contribution in [0.4, 0.5) is 4.39 Å². The third kappa shape index (κ3) is 3.49. The maximum Gasteiger partial charge on any atom is 0.123 e. The number of rotatable bonds is 5. The lowest BCUT2D eigenvalue weighted by atomic mass is 9.81. The van der Waals surface area contributed by atoms with Crippen LogP contribution in [0.3, 0.4) is 0 Å². The molecule has 102 valence electrons. The van der Waals surface area contributed by atoms with Gasteiger partial charge in [0.2, 0.25) is 0 Å². The first kappa shape index (κ1) is 15.7. The Balaban J connectivity index is 2.40. The summed E-state index contributed by atoms with van der Waals surface area (Å²) in [5, 5.41) is 3.62. The van der Waals surface area contributed by atoms with Crippen molar-refractivity contribution in [1.82, 2.24) is 0 Å². The van der Waals surface area contributed by atoms with Crippen LogP contribution in [0.15, 0.2) is 40.2 Å². The molecule has 1 aromatic heterocycles. The Morgan fingerprint density at radius 3 is 2.42 bits per heavy atom. The molecule has 2 rings (SSSR count). The van der Waals surface area contributed by atoms with Gasteiger partial charge in [-0.1, -0.05) is 44.0 Å². The number of hydrogen-bond acceptors (Lipinski definition) is 1.